The molecular weight excluding hydrogens is 779 g/mol. The van der Waals surface area contributed by atoms with Gasteiger partial charge in [0, 0.05) is 44.0 Å². The zero-order valence-electron chi connectivity index (χ0n) is 35.5. The number of para-hydroxylation sites is 2. The molecule has 10 aromatic carbocycles. The van der Waals surface area contributed by atoms with E-state index in [0.717, 1.165) is 94.3 Å². The van der Waals surface area contributed by atoms with Gasteiger partial charge in [-0.25, -0.2) is 0 Å². The summed E-state index contributed by atoms with van der Waals surface area (Å²) in [5, 5.41) is 6.91. The largest absolute Gasteiger partial charge is 0.456 e. The number of fused-ring (bicyclic) bond motifs is 10. The van der Waals surface area contributed by atoms with Crippen molar-refractivity contribution in [3.05, 3.63) is 223 Å². The fourth-order valence-electron chi connectivity index (χ4n) is 10.3. The number of nitrogens with zero attached hydrogens (tertiary/aromatic N) is 1. The van der Waals surface area contributed by atoms with Crippen LogP contribution in [0, 0.1) is 0 Å². The van der Waals surface area contributed by atoms with E-state index in [9.17, 15) is 0 Å². The Kier molecular flexibility index (Phi) is 7.95. The molecule has 0 aliphatic heterocycles. The van der Waals surface area contributed by atoms with Crippen molar-refractivity contribution < 1.29 is 8.83 Å². The monoisotopic (exact) mass is 819 g/mol. The van der Waals surface area contributed by atoms with Gasteiger partial charge in [0.25, 0.3) is 0 Å². The number of hydrogen-bond donors (Lipinski definition) is 0. The van der Waals surface area contributed by atoms with Crippen molar-refractivity contribution in [2.24, 2.45) is 0 Å². The van der Waals surface area contributed by atoms with Crippen LogP contribution in [0.5, 0.6) is 0 Å². The van der Waals surface area contributed by atoms with Gasteiger partial charge in [0.15, 0.2) is 0 Å². The summed E-state index contributed by atoms with van der Waals surface area (Å²) in [5.41, 5.74) is 19.0. The number of hydrogen-bond acceptors (Lipinski definition) is 3. The molecule has 0 saturated carbocycles. The van der Waals surface area contributed by atoms with Crippen molar-refractivity contribution in [3.63, 3.8) is 0 Å². The van der Waals surface area contributed by atoms with E-state index in [-0.39, 0.29) is 5.41 Å². The molecule has 0 atom stereocenters. The van der Waals surface area contributed by atoms with Crippen LogP contribution in [-0.2, 0) is 5.41 Å². The lowest BCUT2D eigenvalue weighted by Gasteiger charge is -2.28. The molecular formula is C61H41NO2. The van der Waals surface area contributed by atoms with Crippen molar-refractivity contribution in [2.75, 3.05) is 4.90 Å². The third kappa shape index (κ3) is 5.74. The van der Waals surface area contributed by atoms with Crippen LogP contribution >= 0.6 is 0 Å². The molecule has 0 unspecified atom stereocenters. The summed E-state index contributed by atoms with van der Waals surface area (Å²) >= 11 is 0. The molecule has 2 aromatic heterocycles. The minimum Gasteiger partial charge on any atom is -0.456 e. The van der Waals surface area contributed by atoms with Crippen LogP contribution in [0.4, 0.5) is 17.1 Å². The number of rotatable bonds is 6. The first-order valence-corrected chi connectivity index (χ1v) is 22.1. The summed E-state index contributed by atoms with van der Waals surface area (Å²) in [7, 11) is 0. The molecule has 3 nitrogen and oxygen atoms in total. The smallest absolute Gasteiger partial charge is 0.135 e. The lowest BCUT2D eigenvalue weighted by Crippen LogP contribution is -2.16. The minimum absolute atomic E-state index is 0.117. The maximum absolute atomic E-state index is 6.25. The summed E-state index contributed by atoms with van der Waals surface area (Å²) < 4.78 is 12.5. The molecule has 0 spiro atoms. The van der Waals surface area contributed by atoms with Gasteiger partial charge in [-0.3, -0.25) is 0 Å². The first-order valence-electron chi connectivity index (χ1n) is 22.1. The topological polar surface area (TPSA) is 29.5 Å². The number of furan rings is 2. The molecule has 64 heavy (non-hydrogen) atoms. The average Bonchev–Trinajstić information content (AvgIpc) is 3.98. The van der Waals surface area contributed by atoms with Crippen LogP contribution in [0.15, 0.2) is 221 Å². The number of anilines is 3. The van der Waals surface area contributed by atoms with E-state index in [0.29, 0.717) is 0 Å². The van der Waals surface area contributed by atoms with Crippen molar-refractivity contribution >= 4 is 71.7 Å². The highest BCUT2D eigenvalue weighted by Crippen LogP contribution is 2.51. The van der Waals surface area contributed by atoms with Gasteiger partial charge >= 0.3 is 0 Å². The first kappa shape index (κ1) is 36.5. The van der Waals surface area contributed by atoms with Gasteiger partial charge in [0.2, 0.25) is 0 Å². The second-order valence-electron chi connectivity index (χ2n) is 17.7. The van der Waals surface area contributed by atoms with Crippen LogP contribution in [0.2, 0.25) is 0 Å². The lowest BCUT2D eigenvalue weighted by molar-refractivity contribution is 0.660. The molecule has 1 aliphatic carbocycles. The second kappa shape index (κ2) is 13.9. The van der Waals surface area contributed by atoms with E-state index in [4.69, 9.17) is 8.83 Å². The Morgan fingerprint density at radius 3 is 1.47 bits per heavy atom. The van der Waals surface area contributed by atoms with Crippen LogP contribution < -0.4 is 4.90 Å². The second-order valence-corrected chi connectivity index (χ2v) is 17.7. The quantitative estimate of drug-likeness (QED) is 0.167. The highest BCUT2D eigenvalue weighted by atomic mass is 16.3. The van der Waals surface area contributed by atoms with Crippen LogP contribution in [-0.4, -0.2) is 0 Å². The number of benzene rings is 10. The Morgan fingerprint density at radius 2 is 0.797 bits per heavy atom. The summed E-state index contributed by atoms with van der Waals surface area (Å²) in [6.45, 7) is 4.70. The Labute approximate surface area is 371 Å². The van der Waals surface area contributed by atoms with Crippen molar-refractivity contribution in [1.82, 2.24) is 0 Å². The van der Waals surface area contributed by atoms with Crippen LogP contribution in [0.25, 0.3) is 99.2 Å². The molecule has 3 heteroatoms. The Bertz CT molecular complexity index is 3700. The van der Waals surface area contributed by atoms with E-state index in [1.165, 1.54) is 33.0 Å². The first-order chi connectivity index (χ1) is 31.4. The van der Waals surface area contributed by atoms with Gasteiger partial charge in [-0.15, -0.1) is 0 Å². The van der Waals surface area contributed by atoms with E-state index in [2.05, 4.69) is 207 Å². The van der Waals surface area contributed by atoms with Gasteiger partial charge in [-0.2, -0.15) is 0 Å². The normalized spacial score (nSPS) is 13.0. The average molecular weight is 820 g/mol. The van der Waals surface area contributed by atoms with Gasteiger partial charge in [0.1, 0.15) is 22.3 Å². The third-order valence-corrected chi connectivity index (χ3v) is 13.6. The standard InChI is InChI=1S/C61H41NO2/c1-61(2)55-16-8-5-13-49(55)50-28-27-48(37-56(50)61)62(47-26-21-38-11-3-4-12-40(38)34-47)46-24-19-39(20-25-46)43-31-44(41-22-29-59-53(35-41)51-14-6-9-17-57(51)63-59)33-45(32-43)42-23-30-60-54(36-42)52-15-7-10-18-58(52)64-60/h3-37H,1-2H3. The summed E-state index contributed by atoms with van der Waals surface area (Å²) in [5.74, 6) is 0. The van der Waals surface area contributed by atoms with Gasteiger partial charge in [0.05, 0.1) is 0 Å². The maximum atomic E-state index is 6.25. The van der Waals surface area contributed by atoms with Gasteiger partial charge in [-0.05, 0) is 157 Å². The zero-order valence-corrected chi connectivity index (χ0v) is 35.5. The molecule has 0 amide bonds. The Morgan fingerprint density at radius 1 is 0.312 bits per heavy atom. The highest BCUT2D eigenvalue weighted by molar-refractivity contribution is 6.08. The highest BCUT2D eigenvalue weighted by Gasteiger charge is 2.35. The Balaban J connectivity index is 0.957. The predicted octanol–water partition coefficient (Wildman–Crippen LogP) is 17.4. The van der Waals surface area contributed by atoms with Crippen molar-refractivity contribution in [1.29, 1.82) is 0 Å². The van der Waals surface area contributed by atoms with Crippen LogP contribution in [0.1, 0.15) is 25.0 Å². The van der Waals surface area contributed by atoms with E-state index >= 15 is 0 Å². The molecule has 302 valence electrons. The molecule has 13 rings (SSSR count). The molecule has 2 heterocycles. The summed E-state index contributed by atoms with van der Waals surface area (Å²) in [6, 6.07) is 77.1. The molecule has 1 aliphatic rings. The van der Waals surface area contributed by atoms with E-state index < -0.39 is 0 Å². The lowest BCUT2D eigenvalue weighted by atomic mass is 9.82. The fraction of sp³-hybridized carbons (Fsp3) is 0.0492. The Hall–Kier alpha value is -8.14. The molecule has 0 N–H and O–H groups in total. The third-order valence-electron chi connectivity index (χ3n) is 13.6. The SMILES string of the molecule is CC1(C)c2ccccc2-c2ccc(N(c3ccc(-c4cc(-c5ccc6oc7ccccc7c6c5)cc(-c5ccc6oc7ccccc7c6c5)c4)cc3)c3ccc4ccccc4c3)cc21. The fourth-order valence-corrected chi connectivity index (χ4v) is 10.3. The molecule has 0 fully saturated rings. The van der Waals surface area contributed by atoms with E-state index in [1.807, 2.05) is 24.3 Å². The zero-order chi connectivity index (χ0) is 42.5. The summed E-state index contributed by atoms with van der Waals surface area (Å²) in [6.07, 6.45) is 0. The van der Waals surface area contributed by atoms with E-state index in [1.54, 1.807) is 0 Å². The maximum Gasteiger partial charge on any atom is 0.135 e. The van der Waals surface area contributed by atoms with Crippen molar-refractivity contribution in [3.8, 4) is 44.5 Å². The summed E-state index contributed by atoms with van der Waals surface area (Å²) in [4.78, 5) is 2.41. The predicted molar refractivity (Wildman–Crippen MR) is 267 cm³/mol. The minimum atomic E-state index is -0.117. The van der Waals surface area contributed by atoms with Gasteiger partial charge in [-0.1, -0.05) is 135 Å². The molecule has 12 aromatic rings. The van der Waals surface area contributed by atoms with Crippen molar-refractivity contribution in [2.45, 2.75) is 19.3 Å². The van der Waals surface area contributed by atoms with Gasteiger partial charge < -0.3 is 13.7 Å². The molecule has 0 radical (unpaired) electrons. The molecule has 0 bridgehead atoms. The molecule has 0 saturated heterocycles. The van der Waals surface area contributed by atoms with Crippen LogP contribution in [0.3, 0.4) is 0 Å².